The molecular formula is C9H13NO2. The third-order valence-electron chi connectivity index (χ3n) is 1.90. The molecule has 0 amide bonds. The van der Waals surface area contributed by atoms with E-state index in [1.807, 2.05) is 6.92 Å². The van der Waals surface area contributed by atoms with E-state index in [1.165, 1.54) is 12.5 Å². The van der Waals surface area contributed by atoms with Crippen LogP contribution in [0.5, 0.6) is 0 Å². The molecule has 3 heteroatoms. The summed E-state index contributed by atoms with van der Waals surface area (Å²) < 4.78 is 4.88. The smallest absolute Gasteiger partial charge is 0.263 e. The lowest BCUT2D eigenvalue weighted by Gasteiger charge is -2.03. The van der Waals surface area contributed by atoms with Crippen molar-refractivity contribution in [2.75, 3.05) is 0 Å². The van der Waals surface area contributed by atoms with Crippen molar-refractivity contribution in [3.63, 3.8) is 0 Å². The molecule has 0 aliphatic heterocycles. The maximum atomic E-state index is 11.3. The highest BCUT2D eigenvalue weighted by Crippen LogP contribution is 2.10. The lowest BCUT2D eigenvalue weighted by molar-refractivity contribution is 0.0929. The molecule has 1 rings (SSSR count). The van der Waals surface area contributed by atoms with Crippen molar-refractivity contribution in [2.45, 2.75) is 26.7 Å². The lowest BCUT2D eigenvalue weighted by Crippen LogP contribution is -2.05. The molecule has 12 heavy (non-hydrogen) atoms. The van der Waals surface area contributed by atoms with Crippen LogP contribution in [0.1, 0.15) is 37.4 Å². The number of ketones is 1. The van der Waals surface area contributed by atoms with Crippen LogP contribution in [0.4, 0.5) is 0 Å². The van der Waals surface area contributed by atoms with Crippen molar-refractivity contribution in [1.82, 2.24) is 4.98 Å². The Morgan fingerprint density at radius 2 is 2.50 bits per heavy atom. The summed E-state index contributed by atoms with van der Waals surface area (Å²) in [5, 5.41) is 0. The predicted octanol–water partition coefficient (Wildman–Crippen LogP) is 2.29. The topological polar surface area (TPSA) is 43.1 Å². The van der Waals surface area contributed by atoms with Crippen LogP contribution in [-0.4, -0.2) is 10.8 Å². The quantitative estimate of drug-likeness (QED) is 0.646. The van der Waals surface area contributed by atoms with Crippen LogP contribution in [0.3, 0.4) is 0 Å². The summed E-state index contributed by atoms with van der Waals surface area (Å²) >= 11 is 0. The third-order valence-corrected chi connectivity index (χ3v) is 1.90. The van der Waals surface area contributed by atoms with Crippen LogP contribution in [0, 0.1) is 5.92 Å². The first-order chi connectivity index (χ1) is 5.74. The van der Waals surface area contributed by atoms with Crippen molar-refractivity contribution < 1.29 is 9.21 Å². The average Bonchev–Trinajstić information content (AvgIpc) is 2.56. The summed E-state index contributed by atoms with van der Waals surface area (Å²) in [6.45, 7) is 4.11. The molecule has 0 aliphatic carbocycles. The highest BCUT2D eigenvalue weighted by molar-refractivity contribution is 5.91. The number of carbonyl (C=O) groups is 1. The highest BCUT2D eigenvalue weighted by Gasteiger charge is 2.13. The van der Waals surface area contributed by atoms with E-state index in [2.05, 4.69) is 11.9 Å². The standard InChI is InChI=1S/C9H13NO2/c1-3-7(2)6-8(11)9-10-4-5-12-9/h4-5,7H,3,6H2,1-2H3. The van der Waals surface area contributed by atoms with Gasteiger partial charge in [0.25, 0.3) is 5.89 Å². The molecule has 66 valence electrons. The Hall–Kier alpha value is -1.12. The Labute approximate surface area is 71.8 Å². The van der Waals surface area contributed by atoms with E-state index in [4.69, 9.17) is 4.42 Å². The second kappa shape index (κ2) is 4.04. The Morgan fingerprint density at radius 3 is 3.00 bits per heavy atom. The van der Waals surface area contributed by atoms with Crippen LogP contribution in [-0.2, 0) is 0 Å². The molecule has 0 saturated heterocycles. The van der Waals surface area contributed by atoms with Gasteiger partial charge in [0, 0.05) is 6.42 Å². The number of carbonyl (C=O) groups excluding carboxylic acids is 1. The van der Waals surface area contributed by atoms with Crippen molar-refractivity contribution in [2.24, 2.45) is 5.92 Å². The molecule has 0 fully saturated rings. The first kappa shape index (κ1) is 8.97. The lowest BCUT2D eigenvalue weighted by atomic mass is 10.0. The summed E-state index contributed by atoms with van der Waals surface area (Å²) in [6.07, 6.45) is 4.44. The summed E-state index contributed by atoms with van der Waals surface area (Å²) in [5.41, 5.74) is 0. The SMILES string of the molecule is CCC(C)CC(=O)c1ncco1. The van der Waals surface area contributed by atoms with Gasteiger partial charge in [0.2, 0.25) is 5.78 Å². The number of aromatic nitrogens is 1. The summed E-state index contributed by atoms with van der Waals surface area (Å²) in [4.78, 5) is 15.1. The molecule has 0 aromatic carbocycles. The van der Waals surface area contributed by atoms with Crippen LogP contribution in [0.25, 0.3) is 0 Å². The van der Waals surface area contributed by atoms with Gasteiger partial charge in [-0.25, -0.2) is 4.98 Å². The van der Waals surface area contributed by atoms with Crippen molar-refractivity contribution in [1.29, 1.82) is 0 Å². The van der Waals surface area contributed by atoms with Crippen molar-refractivity contribution >= 4 is 5.78 Å². The van der Waals surface area contributed by atoms with Crippen LogP contribution in [0.15, 0.2) is 16.9 Å². The summed E-state index contributed by atoms with van der Waals surface area (Å²) in [6, 6.07) is 0. The van der Waals surface area contributed by atoms with Crippen LogP contribution < -0.4 is 0 Å². The maximum Gasteiger partial charge on any atom is 0.263 e. The number of Topliss-reactive ketones (excluding diaryl/α,β-unsaturated/α-hetero) is 1. The minimum atomic E-state index is -0.00523. The van der Waals surface area contributed by atoms with Gasteiger partial charge in [-0.15, -0.1) is 0 Å². The van der Waals surface area contributed by atoms with Gasteiger partial charge in [-0.2, -0.15) is 0 Å². The van der Waals surface area contributed by atoms with Gasteiger partial charge in [-0.1, -0.05) is 20.3 Å². The van der Waals surface area contributed by atoms with Crippen LogP contribution in [0.2, 0.25) is 0 Å². The second-order valence-electron chi connectivity index (χ2n) is 2.98. The molecule has 0 bridgehead atoms. The van der Waals surface area contributed by atoms with E-state index < -0.39 is 0 Å². The molecule has 0 aliphatic rings. The first-order valence-electron chi connectivity index (χ1n) is 4.16. The monoisotopic (exact) mass is 167 g/mol. The zero-order valence-corrected chi connectivity index (χ0v) is 7.41. The largest absolute Gasteiger partial charge is 0.442 e. The van der Waals surface area contributed by atoms with E-state index in [0.29, 0.717) is 12.3 Å². The molecule has 0 N–H and O–H groups in total. The normalized spacial score (nSPS) is 12.8. The fourth-order valence-electron chi connectivity index (χ4n) is 0.909. The van der Waals surface area contributed by atoms with Gasteiger partial charge in [0.05, 0.1) is 6.20 Å². The Morgan fingerprint density at radius 1 is 1.75 bits per heavy atom. The van der Waals surface area contributed by atoms with Gasteiger partial charge < -0.3 is 4.42 Å². The summed E-state index contributed by atoms with van der Waals surface area (Å²) in [7, 11) is 0. The molecule has 0 saturated carbocycles. The predicted molar refractivity (Wildman–Crippen MR) is 44.9 cm³/mol. The van der Waals surface area contributed by atoms with Gasteiger partial charge in [0.15, 0.2) is 0 Å². The number of nitrogens with zero attached hydrogens (tertiary/aromatic N) is 1. The highest BCUT2D eigenvalue weighted by atomic mass is 16.3. The zero-order chi connectivity index (χ0) is 8.97. The van der Waals surface area contributed by atoms with E-state index in [0.717, 1.165) is 6.42 Å². The molecule has 3 nitrogen and oxygen atoms in total. The van der Waals surface area contributed by atoms with Gasteiger partial charge >= 0.3 is 0 Å². The maximum absolute atomic E-state index is 11.3. The minimum absolute atomic E-state index is 0.00523. The number of hydrogen-bond acceptors (Lipinski definition) is 3. The van der Waals surface area contributed by atoms with Gasteiger partial charge in [-0.3, -0.25) is 4.79 Å². The molecule has 0 spiro atoms. The molecule has 1 unspecified atom stereocenters. The minimum Gasteiger partial charge on any atom is -0.442 e. The molecule has 0 radical (unpaired) electrons. The third kappa shape index (κ3) is 2.19. The van der Waals surface area contributed by atoms with Crippen LogP contribution >= 0.6 is 0 Å². The van der Waals surface area contributed by atoms with E-state index in [-0.39, 0.29) is 11.7 Å². The number of rotatable bonds is 4. The molecule has 1 heterocycles. The Balaban J connectivity index is 2.50. The average molecular weight is 167 g/mol. The van der Waals surface area contributed by atoms with E-state index in [9.17, 15) is 4.79 Å². The Bertz CT molecular complexity index is 241. The molecule has 1 atom stereocenters. The number of hydrogen-bond donors (Lipinski definition) is 0. The number of oxazole rings is 1. The van der Waals surface area contributed by atoms with Gasteiger partial charge in [-0.05, 0) is 5.92 Å². The van der Waals surface area contributed by atoms with E-state index in [1.54, 1.807) is 0 Å². The zero-order valence-electron chi connectivity index (χ0n) is 7.41. The first-order valence-corrected chi connectivity index (χ1v) is 4.16. The van der Waals surface area contributed by atoms with Crippen molar-refractivity contribution in [3.8, 4) is 0 Å². The van der Waals surface area contributed by atoms with E-state index >= 15 is 0 Å². The van der Waals surface area contributed by atoms with Crippen molar-refractivity contribution in [3.05, 3.63) is 18.4 Å². The van der Waals surface area contributed by atoms with Gasteiger partial charge in [0.1, 0.15) is 6.26 Å². The summed E-state index contributed by atoms with van der Waals surface area (Å²) in [5.74, 6) is 0.633. The molecule has 1 aromatic heterocycles. The molecular weight excluding hydrogens is 154 g/mol. The molecule has 1 aromatic rings. The fourth-order valence-corrected chi connectivity index (χ4v) is 0.909. The fraction of sp³-hybridized carbons (Fsp3) is 0.556. The second-order valence-corrected chi connectivity index (χ2v) is 2.98. The Kier molecular flexibility index (Phi) is 3.02.